The average molecular weight is 328 g/mol. The number of piperazine rings is 1. The normalized spacial score (nSPS) is 21.4. The van der Waals surface area contributed by atoms with E-state index < -0.39 is 0 Å². The van der Waals surface area contributed by atoms with Crippen molar-refractivity contribution in [2.75, 3.05) is 19.6 Å². The minimum atomic E-state index is 0.0823. The standard InChI is InChI=1S/C18H24N4O2/c1-3-4-14-16-13(18(23)22-8-7-19-10-11(22)2)9-15(12-5-6-12)20-17(16)24-21-14/h9,11-12,19H,3-8,10H2,1-2H3/t11-/m0/s1. The quantitative estimate of drug-likeness (QED) is 0.933. The van der Waals surface area contributed by atoms with Crippen LogP contribution in [0.2, 0.25) is 0 Å². The maximum absolute atomic E-state index is 13.3. The molecule has 0 bridgehead atoms. The molecule has 6 heteroatoms. The molecule has 6 nitrogen and oxygen atoms in total. The molecule has 1 saturated carbocycles. The number of nitrogens with one attached hydrogen (secondary N) is 1. The summed E-state index contributed by atoms with van der Waals surface area (Å²) in [6, 6.07) is 2.18. The van der Waals surface area contributed by atoms with Gasteiger partial charge in [-0.05, 0) is 32.3 Å². The number of pyridine rings is 1. The highest BCUT2D eigenvalue weighted by molar-refractivity contribution is 6.06. The maximum atomic E-state index is 13.3. The molecule has 0 spiro atoms. The third-order valence-corrected chi connectivity index (χ3v) is 5.01. The molecule has 2 aliphatic rings. The predicted molar refractivity (Wildman–Crippen MR) is 91.1 cm³/mol. The molecule has 128 valence electrons. The van der Waals surface area contributed by atoms with Crippen molar-refractivity contribution >= 4 is 17.0 Å². The Labute approximate surface area is 141 Å². The summed E-state index contributed by atoms with van der Waals surface area (Å²) in [5, 5.41) is 8.35. The lowest BCUT2D eigenvalue weighted by molar-refractivity contribution is 0.0657. The van der Waals surface area contributed by atoms with E-state index in [1.807, 2.05) is 11.0 Å². The number of nitrogens with zero attached hydrogens (tertiary/aromatic N) is 3. The number of hydrogen-bond acceptors (Lipinski definition) is 5. The fourth-order valence-corrected chi connectivity index (χ4v) is 3.49. The highest BCUT2D eigenvalue weighted by Gasteiger charge is 2.31. The molecule has 1 aliphatic carbocycles. The predicted octanol–water partition coefficient (Wildman–Crippen LogP) is 2.49. The zero-order chi connectivity index (χ0) is 16.7. The second-order valence-corrected chi connectivity index (χ2v) is 6.98. The molecule has 1 atom stereocenters. The lowest BCUT2D eigenvalue weighted by Crippen LogP contribution is -2.52. The van der Waals surface area contributed by atoms with Crippen molar-refractivity contribution in [2.24, 2.45) is 0 Å². The Balaban J connectivity index is 1.81. The summed E-state index contributed by atoms with van der Waals surface area (Å²) < 4.78 is 5.48. The molecular weight excluding hydrogens is 304 g/mol. The Kier molecular flexibility index (Phi) is 4.00. The van der Waals surface area contributed by atoms with E-state index in [4.69, 9.17) is 4.52 Å². The Morgan fingerprint density at radius 3 is 3.00 bits per heavy atom. The van der Waals surface area contributed by atoms with Crippen LogP contribution in [0.3, 0.4) is 0 Å². The van der Waals surface area contributed by atoms with Gasteiger partial charge in [-0.3, -0.25) is 4.79 Å². The topological polar surface area (TPSA) is 71.3 Å². The van der Waals surface area contributed by atoms with Crippen LogP contribution in [-0.4, -0.2) is 46.6 Å². The lowest BCUT2D eigenvalue weighted by Gasteiger charge is -2.34. The first-order valence-corrected chi connectivity index (χ1v) is 9.00. The number of aromatic nitrogens is 2. The number of amides is 1. The Morgan fingerprint density at radius 1 is 1.46 bits per heavy atom. The van der Waals surface area contributed by atoms with E-state index in [1.165, 1.54) is 0 Å². The third-order valence-electron chi connectivity index (χ3n) is 5.01. The molecule has 1 saturated heterocycles. The average Bonchev–Trinajstić information content (AvgIpc) is 3.37. The van der Waals surface area contributed by atoms with Crippen LogP contribution in [0, 0.1) is 0 Å². The summed E-state index contributed by atoms with van der Waals surface area (Å²) in [6.07, 6.45) is 4.05. The van der Waals surface area contributed by atoms with Crippen LogP contribution >= 0.6 is 0 Å². The van der Waals surface area contributed by atoms with Crippen LogP contribution in [0.4, 0.5) is 0 Å². The minimum Gasteiger partial charge on any atom is -0.336 e. The first-order chi connectivity index (χ1) is 11.7. The number of hydrogen-bond donors (Lipinski definition) is 1. The molecule has 24 heavy (non-hydrogen) atoms. The van der Waals surface area contributed by atoms with Crippen LogP contribution < -0.4 is 5.32 Å². The number of fused-ring (bicyclic) bond motifs is 1. The zero-order valence-electron chi connectivity index (χ0n) is 14.3. The summed E-state index contributed by atoms with van der Waals surface area (Å²) in [5.41, 5.74) is 3.08. The van der Waals surface area contributed by atoms with Crippen LogP contribution in [0.5, 0.6) is 0 Å². The van der Waals surface area contributed by atoms with Crippen molar-refractivity contribution < 1.29 is 9.32 Å². The second kappa shape index (κ2) is 6.16. The van der Waals surface area contributed by atoms with E-state index >= 15 is 0 Å². The molecule has 2 aromatic heterocycles. The van der Waals surface area contributed by atoms with Gasteiger partial charge in [-0.15, -0.1) is 0 Å². The number of rotatable bonds is 4. The molecule has 0 radical (unpaired) electrons. The molecule has 4 rings (SSSR count). The summed E-state index contributed by atoms with van der Waals surface area (Å²) in [4.78, 5) is 19.9. The van der Waals surface area contributed by atoms with E-state index in [0.717, 1.165) is 67.7 Å². The number of carbonyl (C=O) groups excluding carboxylic acids is 1. The summed E-state index contributed by atoms with van der Waals surface area (Å²) in [5.74, 6) is 0.556. The highest BCUT2D eigenvalue weighted by atomic mass is 16.5. The molecule has 0 aromatic carbocycles. The molecule has 1 N–H and O–H groups in total. The lowest BCUT2D eigenvalue weighted by atomic mass is 10.0. The monoisotopic (exact) mass is 328 g/mol. The van der Waals surface area contributed by atoms with Gasteiger partial charge in [0, 0.05) is 37.3 Å². The van der Waals surface area contributed by atoms with E-state index in [-0.39, 0.29) is 11.9 Å². The van der Waals surface area contributed by atoms with E-state index in [0.29, 0.717) is 11.6 Å². The van der Waals surface area contributed by atoms with Crippen molar-refractivity contribution in [2.45, 2.75) is 51.5 Å². The van der Waals surface area contributed by atoms with Crippen LogP contribution in [-0.2, 0) is 6.42 Å². The van der Waals surface area contributed by atoms with Gasteiger partial charge in [-0.25, -0.2) is 4.98 Å². The number of aryl methyl sites for hydroxylation is 1. The molecule has 0 unspecified atom stereocenters. The minimum absolute atomic E-state index is 0.0823. The SMILES string of the molecule is CCCc1noc2nc(C3CC3)cc(C(=O)N3CCNC[C@@H]3C)c12. The van der Waals surface area contributed by atoms with Gasteiger partial charge in [-0.2, -0.15) is 0 Å². The third kappa shape index (κ3) is 2.69. The van der Waals surface area contributed by atoms with E-state index in [2.05, 4.69) is 29.3 Å². The largest absolute Gasteiger partial charge is 0.336 e. The van der Waals surface area contributed by atoms with Gasteiger partial charge in [0.25, 0.3) is 11.6 Å². The fourth-order valence-electron chi connectivity index (χ4n) is 3.49. The van der Waals surface area contributed by atoms with Crippen molar-refractivity contribution in [3.63, 3.8) is 0 Å². The number of carbonyl (C=O) groups is 1. The molecule has 2 fully saturated rings. The van der Waals surface area contributed by atoms with E-state index in [1.54, 1.807) is 0 Å². The van der Waals surface area contributed by atoms with Crippen molar-refractivity contribution in [3.8, 4) is 0 Å². The molecular formula is C18H24N4O2. The summed E-state index contributed by atoms with van der Waals surface area (Å²) in [6.45, 7) is 6.60. The molecule has 2 aromatic rings. The Morgan fingerprint density at radius 2 is 2.29 bits per heavy atom. The van der Waals surface area contributed by atoms with Gasteiger partial charge < -0.3 is 14.7 Å². The van der Waals surface area contributed by atoms with Gasteiger partial charge in [0.1, 0.15) is 0 Å². The van der Waals surface area contributed by atoms with E-state index in [9.17, 15) is 4.79 Å². The van der Waals surface area contributed by atoms with Crippen molar-refractivity contribution in [1.82, 2.24) is 20.4 Å². The van der Waals surface area contributed by atoms with Crippen LogP contribution in [0.25, 0.3) is 11.1 Å². The first kappa shape index (κ1) is 15.6. The zero-order valence-corrected chi connectivity index (χ0v) is 14.3. The molecule has 1 amide bonds. The van der Waals surface area contributed by atoms with Gasteiger partial charge in [0.2, 0.25) is 0 Å². The summed E-state index contributed by atoms with van der Waals surface area (Å²) in [7, 11) is 0. The fraction of sp³-hybridized carbons (Fsp3) is 0.611. The Hall–Kier alpha value is -1.95. The maximum Gasteiger partial charge on any atom is 0.259 e. The Bertz CT molecular complexity index is 766. The smallest absolute Gasteiger partial charge is 0.259 e. The van der Waals surface area contributed by atoms with Crippen LogP contribution in [0.15, 0.2) is 10.6 Å². The van der Waals surface area contributed by atoms with Gasteiger partial charge >= 0.3 is 0 Å². The summed E-state index contributed by atoms with van der Waals surface area (Å²) >= 11 is 0. The van der Waals surface area contributed by atoms with Crippen LogP contribution in [0.1, 0.15) is 60.8 Å². The molecule has 3 heterocycles. The van der Waals surface area contributed by atoms with Crippen molar-refractivity contribution in [3.05, 3.63) is 23.0 Å². The molecule has 1 aliphatic heterocycles. The second-order valence-electron chi connectivity index (χ2n) is 6.98. The first-order valence-electron chi connectivity index (χ1n) is 9.00. The van der Waals surface area contributed by atoms with Gasteiger partial charge in [0.05, 0.1) is 16.6 Å². The highest BCUT2D eigenvalue weighted by Crippen LogP contribution is 2.40. The van der Waals surface area contributed by atoms with Gasteiger partial charge in [-0.1, -0.05) is 18.5 Å². The van der Waals surface area contributed by atoms with Crippen molar-refractivity contribution in [1.29, 1.82) is 0 Å². The van der Waals surface area contributed by atoms with Gasteiger partial charge in [0.15, 0.2) is 0 Å².